The fourth-order valence-electron chi connectivity index (χ4n) is 5.85. The fraction of sp³-hybridized carbons (Fsp3) is 0.393. The van der Waals surface area contributed by atoms with Crippen molar-refractivity contribution in [1.29, 1.82) is 0 Å². The molecule has 2 aliphatic heterocycles. The molecule has 0 saturated carbocycles. The number of pyridine rings is 1. The van der Waals surface area contributed by atoms with E-state index in [0.29, 0.717) is 48.4 Å². The Morgan fingerprint density at radius 1 is 1.11 bits per heavy atom. The molecule has 0 spiro atoms. The molecule has 0 aliphatic carbocycles. The van der Waals surface area contributed by atoms with Gasteiger partial charge in [0.2, 0.25) is 17.1 Å². The normalized spacial score (nSPS) is 19.4. The lowest BCUT2D eigenvalue weighted by molar-refractivity contribution is -0.118. The number of hydrogen-bond donors (Lipinski definition) is 2. The molecule has 2 aliphatic rings. The van der Waals surface area contributed by atoms with Crippen molar-refractivity contribution in [2.75, 3.05) is 27.3 Å². The van der Waals surface area contributed by atoms with Crippen LogP contribution in [-0.4, -0.2) is 47.8 Å². The number of likely N-dealkylation sites (tertiary alicyclic amines) is 1. The summed E-state index contributed by atoms with van der Waals surface area (Å²) in [5.74, 6) is -0.193. The molecule has 3 aromatic rings. The molecule has 1 aromatic carbocycles. The Hall–Kier alpha value is -4.05. The van der Waals surface area contributed by atoms with Crippen LogP contribution in [0.15, 0.2) is 56.5 Å². The average Bonchev–Trinajstić information content (AvgIpc) is 2.89. The number of aromatic nitrogens is 1. The minimum Gasteiger partial charge on any atom is -0.502 e. The lowest BCUT2D eigenvalue weighted by Gasteiger charge is -2.42. The first kappa shape index (κ1) is 25.6. The summed E-state index contributed by atoms with van der Waals surface area (Å²) in [6.45, 7) is 2.46. The summed E-state index contributed by atoms with van der Waals surface area (Å²) in [6, 6.07) is 11.7. The number of benzene rings is 1. The van der Waals surface area contributed by atoms with E-state index in [2.05, 4.69) is 4.90 Å². The van der Waals surface area contributed by atoms with Gasteiger partial charge in [-0.1, -0.05) is 12.1 Å². The zero-order valence-electron chi connectivity index (χ0n) is 21.4. The number of primary amides is 1. The summed E-state index contributed by atoms with van der Waals surface area (Å²) in [4.78, 5) is 39.4. The molecule has 2 aromatic heterocycles. The first-order valence-corrected chi connectivity index (χ1v) is 12.6. The van der Waals surface area contributed by atoms with E-state index in [4.69, 9.17) is 19.6 Å². The summed E-state index contributed by atoms with van der Waals surface area (Å²) < 4.78 is 18.7. The summed E-state index contributed by atoms with van der Waals surface area (Å²) in [5.41, 5.74) is 6.58. The molecule has 1 saturated heterocycles. The number of aromatic hydroxyl groups is 1. The molecular weight excluding hydrogens is 490 g/mol. The summed E-state index contributed by atoms with van der Waals surface area (Å²) >= 11 is 0. The number of piperidine rings is 1. The molecule has 3 N–H and O–H groups in total. The monoisotopic (exact) mass is 521 g/mol. The molecular formula is C28H31N3O7. The van der Waals surface area contributed by atoms with Crippen LogP contribution in [0.3, 0.4) is 0 Å². The van der Waals surface area contributed by atoms with Crippen molar-refractivity contribution in [3.63, 3.8) is 0 Å². The van der Waals surface area contributed by atoms with E-state index < -0.39 is 23.0 Å². The molecule has 0 radical (unpaired) electrons. The quantitative estimate of drug-likeness (QED) is 0.460. The lowest BCUT2D eigenvalue weighted by Crippen LogP contribution is -2.46. The Morgan fingerprint density at radius 3 is 2.63 bits per heavy atom. The minimum atomic E-state index is -0.806. The number of nitrogens with two attached hydrogens (primary N) is 1. The second kappa shape index (κ2) is 10.4. The Bertz CT molecular complexity index is 1480. The number of methoxy groups -OCH3 is 2. The van der Waals surface area contributed by atoms with E-state index >= 15 is 0 Å². The number of amides is 1. The highest BCUT2D eigenvalue weighted by molar-refractivity contribution is 5.75. The van der Waals surface area contributed by atoms with Crippen LogP contribution in [0.5, 0.6) is 17.2 Å². The van der Waals surface area contributed by atoms with Gasteiger partial charge in [-0.05, 0) is 36.1 Å². The van der Waals surface area contributed by atoms with E-state index in [0.717, 1.165) is 18.7 Å². The predicted molar refractivity (Wildman–Crippen MR) is 139 cm³/mol. The van der Waals surface area contributed by atoms with Crippen LogP contribution in [-0.2, 0) is 17.9 Å². The van der Waals surface area contributed by atoms with Gasteiger partial charge in [-0.15, -0.1) is 0 Å². The minimum absolute atomic E-state index is 0.0207. The standard InChI is InChI=1S/C28H31N3O7/c1-36-23-7-6-17(9-24(23)37-2)20(11-25(29)33)28-27(35)22(32)10-19(38-28)15-30-12-16-8-18(14-30)21-4-3-5-26(34)31(21)13-16/h3-7,9-10,16,18,20,35H,8,11-15H2,1-2H3,(H2,29,33)/t16-,18+,20+/m0/s1. The van der Waals surface area contributed by atoms with Crippen LogP contribution in [0.25, 0.3) is 0 Å². The maximum atomic E-state index is 12.8. The Morgan fingerprint density at radius 2 is 1.89 bits per heavy atom. The van der Waals surface area contributed by atoms with E-state index in [-0.39, 0.29) is 23.7 Å². The molecule has 1 amide bonds. The van der Waals surface area contributed by atoms with Crippen molar-refractivity contribution in [2.24, 2.45) is 11.7 Å². The Kier molecular flexibility index (Phi) is 6.98. The van der Waals surface area contributed by atoms with Gasteiger partial charge in [0.1, 0.15) is 5.76 Å². The third-order valence-corrected chi connectivity index (χ3v) is 7.47. The van der Waals surface area contributed by atoms with Gasteiger partial charge in [0.15, 0.2) is 17.3 Å². The summed E-state index contributed by atoms with van der Waals surface area (Å²) in [5, 5.41) is 10.7. The van der Waals surface area contributed by atoms with E-state index in [9.17, 15) is 19.5 Å². The second-order valence-corrected chi connectivity index (χ2v) is 10.0. The topological polar surface area (TPSA) is 137 Å². The molecule has 200 valence electrons. The summed E-state index contributed by atoms with van der Waals surface area (Å²) in [6.07, 6.45) is 0.819. The van der Waals surface area contributed by atoms with Gasteiger partial charge in [-0.25, -0.2) is 0 Å². The van der Waals surface area contributed by atoms with Gasteiger partial charge in [0, 0.05) is 49.8 Å². The number of carbonyl (C=O) groups excluding carboxylic acids is 1. The van der Waals surface area contributed by atoms with Gasteiger partial charge in [0.05, 0.1) is 26.7 Å². The predicted octanol–water partition coefficient (Wildman–Crippen LogP) is 2.15. The molecule has 10 heteroatoms. The van der Waals surface area contributed by atoms with Gasteiger partial charge in [-0.2, -0.15) is 0 Å². The van der Waals surface area contributed by atoms with Crippen LogP contribution < -0.4 is 26.2 Å². The van der Waals surface area contributed by atoms with Crippen molar-refractivity contribution < 1.29 is 23.8 Å². The highest BCUT2D eigenvalue weighted by Gasteiger charge is 2.35. The number of ether oxygens (including phenoxy) is 2. The molecule has 4 heterocycles. The second-order valence-electron chi connectivity index (χ2n) is 10.0. The molecule has 1 fully saturated rings. The number of nitrogens with zero attached hydrogens (tertiary/aromatic N) is 2. The van der Waals surface area contributed by atoms with Crippen molar-refractivity contribution in [3.8, 4) is 17.2 Å². The highest BCUT2D eigenvalue weighted by Crippen LogP contribution is 2.39. The van der Waals surface area contributed by atoms with Crippen molar-refractivity contribution in [1.82, 2.24) is 9.47 Å². The molecule has 38 heavy (non-hydrogen) atoms. The van der Waals surface area contributed by atoms with Crippen LogP contribution in [0.1, 0.15) is 47.5 Å². The van der Waals surface area contributed by atoms with Gasteiger partial charge < -0.3 is 29.3 Å². The maximum absolute atomic E-state index is 12.8. The van der Waals surface area contributed by atoms with E-state index in [1.165, 1.54) is 20.3 Å². The molecule has 10 nitrogen and oxygen atoms in total. The van der Waals surface area contributed by atoms with E-state index in [1.807, 2.05) is 10.6 Å². The van der Waals surface area contributed by atoms with Crippen molar-refractivity contribution in [2.45, 2.75) is 37.8 Å². The Balaban J connectivity index is 1.46. The maximum Gasteiger partial charge on any atom is 0.250 e. The van der Waals surface area contributed by atoms with Gasteiger partial charge in [0.25, 0.3) is 5.56 Å². The van der Waals surface area contributed by atoms with Gasteiger partial charge in [-0.3, -0.25) is 19.3 Å². The van der Waals surface area contributed by atoms with Crippen LogP contribution in [0.4, 0.5) is 0 Å². The lowest BCUT2D eigenvalue weighted by atomic mass is 9.83. The number of fused-ring (bicyclic) bond motifs is 4. The van der Waals surface area contributed by atoms with Crippen molar-refractivity contribution in [3.05, 3.63) is 85.8 Å². The SMILES string of the molecule is COc1ccc([C@@H](CC(N)=O)c2oc(CN3C[C@@H]4C[C@H](C3)c3cccc(=O)n3C4)cc(=O)c2O)cc1OC. The fourth-order valence-corrected chi connectivity index (χ4v) is 5.85. The van der Waals surface area contributed by atoms with Crippen LogP contribution in [0.2, 0.25) is 0 Å². The molecule has 3 atom stereocenters. The third kappa shape index (κ3) is 4.91. The molecule has 2 bridgehead atoms. The third-order valence-electron chi connectivity index (χ3n) is 7.47. The zero-order valence-corrected chi connectivity index (χ0v) is 21.4. The average molecular weight is 522 g/mol. The number of rotatable bonds is 8. The van der Waals surface area contributed by atoms with Gasteiger partial charge >= 0.3 is 0 Å². The number of carbonyl (C=O) groups is 1. The highest BCUT2D eigenvalue weighted by atomic mass is 16.5. The first-order chi connectivity index (χ1) is 18.3. The molecule has 0 unspecified atom stereocenters. The van der Waals surface area contributed by atoms with Crippen LogP contribution >= 0.6 is 0 Å². The first-order valence-electron chi connectivity index (χ1n) is 12.6. The number of hydrogen-bond acceptors (Lipinski definition) is 8. The van der Waals surface area contributed by atoms with Crippen LogP contribution in [0, 0.1) is 5.92 Å². The Labute approximate surface area is 219 Å². The van der Waals surface area contributed by atoms with Crippen molar-refractivity contribution >= 4 is 5.91 Å². The zero-order chi connectivity index (χ0) is 27.0. The largest absolute Gasteiger partial charge is 0.502 e. The smallest absolute Gasteiger partial charge is 0.250 e. The summed E-state index contributed by atoms with van der Waals surface area (Å²) in [7, 11) is 3.00. The molecule has 5 rings (SSSR count). The van der Waals surface area contributed by atoms with E-state index in [1.54, 1.807) is 30.3 Å².